The summed E-state index contributed by atoms with van der Waals surface area (Å²) in [5.41, 5.74) is 2.35. The lowest BCUT2D eigenvalue weighted by Gasteiger charge is -2.25. The Kier molecular flexibility index (Phi) is 5.96. The van der Waals surface area contributed by atoms with Crippen molar-refractivity contribution in [2.45, 2.75) is 19.3 Å². The molecule has 2 aromatic rings. The number of anilines is 2. The van der Waals surface area contributed by atoms with Gasteiger partial charge in [0, 0.05) is 28.7 Å². The van der Waals surface area contributed by atoms with Gasteiger partial charge in [-0.1, -0.05) is 11.6 Å². The standard InChI is InChI=1S/C20H22ClN3O3S/c21-13-4-6-14(7-5-13)22-19(26)18-15-2-1-3-16(15)28-20(18)23-17(25)12-24-8-10-27-11-9-24/h4-7H,1-3,8-12H2,(H,22,26)(H,23,25). The highest BCUT2D eigenvalue weighted by atomic mass is 35.5. The number of rotatable bonds is 5. The number of ether oxygens (including phenoxy) is 1. The molecule has 1 aromatic carbocycles. The summed E-state index contributed by atoms with van der Waals surface area (Å²) in [5.74, 6) is -0.286. The minimum atomic E-state index is -0.191. The van der Waals surface area contributed by atoms with Crippen molar-refractivity contribution in [2.24, 2.45) is 0 Å². The molecular weight excluding hydrogens is 398 g/mol. The number of thiophene rings is 1. The summed E-state index contributed by atoms with van der Waals surface area (Å²) in [6, 6.07) is 7.01. The van der Waals surface area contributed by atoms with E-state index >= 15 is 0 Å². The van der Waals surface area contributed by atoms with Gasteiger partial charge >= 0.3 is 0 Å². The quantitative estimate of drug-likeness (QED) is 0.779. The van der Waals surface area contributed by atoms with E-state index in [9.17, 15) is 9.59 Å². The van der Waals surface area contributed by atoms with Crippen molar-refractivity contribution >= 4 is 45.4 Å². The summed E-state index contributed by atoms with van der Waals surface area (Å²) >= 11 is 7.44. The van der Waals surface area contributed by atoms with Gasteiger partial charge in [0.05, 0.1) is 25.3 Å². The van der Waals surface area contributed by atoms with E-state index in [0.29, 0.717) is 41.0 Å². The first kappa shape index (κ1) is 19.4. The van der Waals surface area contributed by atoms with E-state index in [1.54, 1.807) is 24.3 Å². The average molecular weight is 420 g/mol. The number of nitrogens with zero attached hydrogens (tertiary/aromatic N) is 1. The summed E-state index contributed by atoms with van der Waals surface area (Å²) in [5, 5.41) is 7.17. The van der Waals surface area contributed by atoms with Gasteiger partial charge in [-0.05, 0) is 49.1 Å². The van der Waals surface area contributed by atoms with E-state index < -0.39 is 0 Å². The van der Waals surface area contributed by atoms with Gasteiger partial charge in [0.1, 0.15) is 5.00 Å². The van der Waals surface area contributed by atoms with Crippen molar-refractivity contribution in [1.29, 1.82) is 0 Å². The van der Waals surface area contributed by atoms with Gasteiger partial charge in [0.25, 0.3) is 5.91 Å². The lowest BCUT2D eigenvalue weighted by atomic mass is 10.1. The van der Waals surface area contributed by atoms with E-state index in [2.05, 4.69) is 15.5 Å². The number of carbonyl (C=O) groups is 2. The normalized spacial score (nSPS) is 16.6. The molecule has 1 aliphatic carbocycles. The van der Waals surface area contributed by atoms with E-state index in [1.165, 1.54) is 16.2 Å². The zero-order valence-corrected chi connectivity index (χ0v) is 17.0. The predicted molar refractivity (Wildman–Crippen MR) is 112 cm³/mol. The predicted octanol–water partition coefficient (Wildman–Crippen LogP) is 3.41. The molecule has 0 bridgehead atoms. The van der Waals surface area contributed by atoms with Crippen LogP contribution in [0.15, 0.2) is 24.3 Å². The number of fused-ring (bicyclic) bond motifs is 1. The minimum absolute atomic E-state index is 0.0950. The van der Waals surface area contributed by atoms with E-state index in [4.69, 9.17) is 16.3 Å². The average Bonchev–Trinajstić information content (AvgIpc) is 3.25. The minimum Gasteiger partial charge on any atom is -0.379 e. The van der Waals surface area contributed by atoms with Crippen LogP contribution >= 0.6 is 22.9 Å². The van der Waals surface area contributed by atoms with Crippen molar-refractivity contribution in [3.05, 3.63) is 45.3 Å². The molecule has 1 saturated heterocycles. The Hall–Kier alpha value is -1.93. The highest BCUT2D eigenvalue weighted by Crippen LogP contribution is 2.39. The van der Waals surface area contributed by atoms with Crippen molar-refractivity contribution in [3.8, 4) is 0 Å². The van der Waals surface area contributed by atoms with Gasteiger partial charge in [0.15, 0.2) is 0 Å². The largest absolute Gasteiger partial charge is 0.379 e. The summed E-state index contributed by atoms with van der Waals surface area (Å²) in [6.45, 7) is 3.10. The van der Waals surface area contributed by atoms with Gasteiger partial charge < -0.3 is 15.4 Å². The fourth-order valence-corrected chi connectivity index (χ4v) is 5.02. The highest BCUT2D eigenvalue weighted by Gasteiger charge is 2.28. The third-order valence-electron chi connectivity index (χ3n) is 4.97. The topological polar surface area (TPSA) is 70.7 Å². The van der Waals surface area contributed by atoms with Gasteiger partial charge in [-0.25, -0.2) is 0 Å². The first-order chi connectivity index (χ1) is 13.6. The molecule has 0 spiro atoms. The molecule has 0 unspecified atom stereocenters. The fourth-order valence-electron chi connectivity index (χ4n) is 3.59. The number of morpholine rings is 1. The summed E-state index contributed by atoms with van der Waals surface area (Å²) in [6.07, 6.45) is 2.87. The lowest BCUT2D eigenvalue weighted by Crippen LogP contribution is -2.41. The second-order valence-electron chi connectivity index (χ2n) is 6.96. The monoisotopic (exact) mass is 419 g/mol. The third kappa shape index (κ3) is 4.38. The lowest BCUT2D eigenvalue weighted by molar-refractivity contribution is -0.118. The molecule has 2 heterocycles. The second kappa shape index (κ2) is 8.61. The Morgan fingerprint density at radius 3 is 2.61 bits per heavy atom. The number of nitrogens with one attached hydrogen (secondary N) is 2. The van der Waals surface area contributed by atoms with Crippen LogP contribution in [0, 0.1) is 0 Å². The van der Waals surface area contributed by atoms with Crippen LogP contribution in [-0.2, 0) is 22.4 Å². The Bertz CT molecular complexity index is 876. The molecule has 1 fully saturated rings. The number of carbonyl (C=O) groups excluding carboxylic acids is 2. The van der Waals surface area contributed by atoms with Crippen molar-refractivity contribution in [2.75, 3.05) is 43.5 Å². The molecule has 28 heavy (non-hydrogen) atoms. The smallest absolute Gasteiger partial charge is 0.258 e. The Morgan fingerprint density at radius 1 is 1.11 bits per heavy atom. The maximum atomic E-state index is 13.0. The van der Waals surface area contributed by atoms with Gasteiger partial charge in [-0.3, -0.25) is 14.5 Å². The van der Waals surface area contributed by atoms with Crippen LogP contribution in [0.25, 0.3) is 0 Å². The maximum absolute atomic E-state index is 13.0. The number of aryl methyl sites for hydroxylation is 1. The fraction of sp³-hybridized carbons (Fsp3) is 0.400. The molecule has 4 rings (SSSR count). The van der Waals surface area contributed by atoms with Gasteiger partial charge in [-0.15, -0.1) is 11.3 Å². The summed E-state index contributed by atoms with van der Waals surface area (Å²) < 4.78 is 5.32. The molecule has 2 amide bonds. The van der Waals surface area contributed by atoms with Crippen LogP contribution < -0.4 is 10.6 Å². The molecule has 8 heteroatoms. The van der Waals surface area contributed by atoms with Crippen molar-refractivity contribution < 1.29 is 14.3 Å². The number of hydrogen-bond acceptors (Lipinski definition) is 5. The van der Waals surface area contributed by atoms with Crippen LogP contribution in [-0.4, -0.2) is 49.6 Å². The van der Waals surface area contributed by atoms with Crippen LogP contribution in [0.2, 0.25) is 5.02 Å². The molecule has 2 aliphatic rings. The van der Waals surface area contributed by atoms with Gasteiger partial charge in [0.2, 0.25) is 5.91 Å². The highest BCUT2D eigenvalue weighted by molar-refractivity contribution is 7.17. The maximum Gasteiger partial charge on any atom is 0.258 e. The Labute approximate surface area is 172 Å². The molecule has 0 radical (unpaired) electrons. The van der Waals surface area contributed by atoms with Gasteiger partial charge in [-0.2, -0.15) is 0 Å². The molecule has 148 valence electrons. The van der Waals surface area contributed by atoms with E-state index in [-0.39, 0.29) is 11.8 Å². The van der Waals surface area contributed by atoms with Crippen molar-refractivity contribution in [3.63, 3.8) is 0 Å². The number of hydrogen-bond donors (Lipinski definition) is 2. The second-order valence-corrected chi connectivity index (χ2v) is 8.50. The number of benzene rings is 1. The summed E-state index contributed by atoms with van der Waals surface area (Å²) in [4.78, 5) is 28.8. The van der Waals surface area contributed by atoms with Crippen LogP contribution in [0.3, 0.4) is 0 Å². The number of halogens is 1. The first-order valence-electron chi connectivity index (χ1n) is 9.41. The molecular formula is C20H22ClN3O3S. The van der Waals surface area contributed by atoms with Crippen LogP contribution in [0.1, 0.15) is 27.2 Å². The first-order valence-corrected chi connectivity index (χ1v) is 10.6. The van der Waals surface area contributed by atoms with E-state index in [1.807, 2.05) is 0 Å². The van der Waals surface area contributed by atoms with Crippen molar-refractivity contribution in [1.82, 2.24) is 4.90 Å². The molecule has 2 N–H and O–H groups in total. The molecule has 0 atom stereocenters. The summed E-state index contributed by atoms with van der Waals surface area (Å²) in [7, 11) is 0. The molecule has 1 aliphatic heterocycles. The zero-order valence-electron chi connectivity index (χ0n) is 15.4. The SMILES string of the molecule is O=C(CN1CCOCC1)Nc1sc2c(c1C(=O)Nc1ccc(Cl)cc1)CCC2. The third-order valence-corrected chi connectivity index (χ3v) is 6.43. The Morgan fingerprint density at radius 2 is 1.86 bits per heavy atom. The molecule has 1 aromatic heterocycles. The zero-order chi connectivity index (χ0) is 19.5. The number of amides is 2. The van der Waals surface area contributed by atoms with E-state index in [0.717, 1.165) is 37.9 Å². The van der Waals surface area contributed by atoms with Crippen LogP contribution in [0.5, 0.6) is 0 Å². The van der Waals surface area contributed by atoms with Crippen LogP contribution in [0.4, 0.5) is 10.7 Å². The molecule has 6 nitrogen and oxygen atoms in total. The molecule has 0 saturated carbocycles. The Balaban J connectivity index is 1.50.